The Hall–Kier alpha value is -1.46. The third kappa shape index (κ3) is 2.99. The van der Waals surface area contributed by atoms with Crippen LogP contribution >= 0.6 is 0 Å². The van der Waals surface area contributed by atoms with Gasteiger partial charge in [0.2, 0.25) is 0 Å². The average molecular weight is 274 g/mol. The zero-order valence-corrected chi connectivity index (χ0v) is 12.0. The molecule has 108 valence electrons. The number of nitrogens with one attached hydrogen (secondary N) is 1. The summed E-state index contributed by atoms with van der Waals surface area (Å²) in [6, 6.07) is 3.89. The first-order valence-corrected chi connectivity index (χ1v) is 7.49. The molecule has 0 aromatic carbocycles. The topological polar surface area (TPSA) is 49.8 Å². The summed E-state index contributed by atoms with van der Waals surface area (Å²) in [5.74, 6) is 1.35. The van der Waals surface area contributed by atoms with Crippen LogP contribution in [0.3, 0.4) is 0 Å². The molecule has 1 aromatic heterocycles. The maximum Gasteiger partial charge on any atom is 0.180 e. The Morgan fingerprint density at radius 1 is 1.30 bits per heavy atom. The van der Waals surface area contributed by atoms with Crippen molar-refractivity contribution in [3.05, 3.63) is 30.1 Å². The number of hydrogen-bond donors (Lipinski definition) is 1. The Balaban J connectivity index is 1.59. The Morgan fingerprint density at radius 3 is 2.75 bits per heavy atom. The average Bonchev–Trinajstić information content (AvgIpc) is 2.99. The zero-order chi connectivity index (χ0) is 13.8. The molecule has 0 radical (unpaired) electrons. The van der Waals surface area contributed by atoms with Crippen LogP contribution in [0, 0.1) is 5.92 Å². The first-order chi connectivity index (χ1) is 9.86. The zero-order valence-electron chi connectivity index (χ0n) is 12.0. The molecule has 1 atom stereocenters. The Morgan fingerprint density at radius 2 is 2.05 bits per heavy atom. The van der Waals surface area contributed by atoms with Gasteiger partial charge in [-0.25, -0.2) is 15.3 Å². The van der Waals surface area contributed by atoms with Gasteiger partial charge in [-0.3, -0.25) is 4.98 Å². The smallest absolute Gasteiger partial charge is 0.180 e. The highest BCUT2D eigenvalue weighted by molar-refractivity contribution is 5.98. The lowest BCUT2D eigenvalue weighted by molar-refractivity contribution is -0.0177. The van der Waals surface area contributed by atoms with Crippen LogP contribution in [0.1, 0.15) is 31.7 Å². The van der Waals surface area contributed by atoms with Gasteiger partial charge in [0, 0.05) is 23.9 Å². The summed E-state index contributed by atoms with van der Waals surface area (Å²) in [5, 5.41) is 0. The summed E-state index contributed by atoms with van der Waals surface area (Å²) in [5.41, 5.74) is 4.00. The van der Waals surface area contributed by atoms with E-state index in [-0.39, 0.29) is 6.23 Å². The van der Waals surface area contributed by atoms with Crippen LogP contribution in [0.5, 0.6) is 0 Å². The van der Waals surface area contributed by atoms with Crippen LogP contribution in [-0.2, 0) is 4.84 Å². The molecule has 0 aliphatic carbocycles. The number of rotatable bonds is 4. The van der Waals surface area contributed by atoms with Crippen LogP contribution in [0.15, 0.2) is 29.5 Å². The molecular formula is C15H22N4O. The Kier molecular flexibility index (Phi) is 4.28. The van der Waals surface area contributed by atoms with Gasteiger partial charge in [-0.1, -0.05) is 6.92 Å². The largest absolute Gasteiger partial charge is 0.303 e. The van der Waals surface area contributed by atoms with Crippen molar-refractivity contribution >= 4 is 5.84 Å². The highest BCUT2D eigenvalue weighted by atomic mass is 16.7. The second-order valence-corrected chi connectivity index (χ2v) is 5.50. The van der Waals surface area contributed by atoms with Crippen molar-refractivity contribution in [2.45, 2.75) is 32.4 Å². The van der Waals surface area contributed by atoms with E-state index in [0.29, 0.717) is 5.92 Å². The van der Waals surface area contributed by atoms with E-state index < -0.39 is 0 Å². The van der Waals surface area contributed by atoms with Gasteiger partial charge in [0.05, 0.1) is 0 Å². The quantitative estimate of drug-likeness (QED) is 0.910. The molecule has 5 heteroatoms. The normalized spacial score (nSPS) is 24.4. The van der Waals surface area contributed by atoms with Crippen molar-refractivity contribution in [3.8, 4) is 0 Å². The molecular weight excluding hydrogens is 252 g/mol. The Bertz CT molecular complexity index is 454. The first-order valence-electron chi connectivity index (χ1n) is 7.49. The van der Waals surface area contributed by atoms with Gasteiger partial charge in [-0.2, -0.15) is 0 Å². The fourth-order valence-corrected chi connectivity index (χ4v) is 2.92. The number of aromatic nitrogens is 1. The third-order valence-electron chi connectivity index (χ3n) is 4.06. The number of hydrogen-bond acceptors (Lipinski definition) is 5. The summed E-state index contributed by atoms with van der Waals surface area (Å²) in [6.45, 7) is 5.78. The molecule has 1 unspecified atom stereocenters. The van der Waals surface area contributed by atoms with Crippen LogP contribution < -0.4 is 5.48 Å². The van der Waals surface area contributed by atoms with Crippen molar-refractivity contribution in [1.82, 2.24) is 15.4 Å². The van der Waals surface area contributed by atoms with Crippen LogP contribution in [-0.4, -0.2) is 41.6 Å². The summed E-state index contributed by atoms with van der Waals surface area (Å²) < 4.78 is 0. The molecule has 2 aliphatic heterocycles. The minimum Gasteiger partial charge on any atom is -0.303 e. The molecule has 5 nitrogen and oxygen atoms in total. The molecule has 1 fully saturated rings. The van der Waals surface area contributed by atoms with Gasteiger partial charge in [0.25, 0.3) is 0 Å². The lowest BCUT2D eigenvalue weighted by Crippen LogP contribution is -2.38. The number of piperidine rings is 1. The summed E-state index contributed by atoms with van der Waals surface area (Å²) in [4.78, 5) is 16.9. The van der Waals surface area contributed by atoms with Gasteiger partial charge in [-0.15, -0.1) is 0 Å². The molecule has 20 heavy (non-hydrogen) atoms. The SMILES string of the molecule is CCCN1CCC(C2N=C(c3ccncc3)NO2)CC1. The van der Waals surface area contributed by atoms with E-state index >= 15 is 0 Å². The van der Waals surface area contributed by atoms with Gasteiger partial charge >= 0.3 is 0 Å². The molecule has 1 saturated heterocycles. The van der Waals surface area contributed by atoms with Crippen molar-refractivity contribution in [1.29, 1.82) is 0 Å². The molecule has 0 amide bonds. The van der Waals surface area contributed by atoms with E-state index in [1.165, 1.54) is 38.9 Å². The predicted molar refractivity (Wildman–Crippen MR) is 78.2 cm³/mol. The lowest BCUT2D eigenvalue weighted by Gasteiger charge is -2.32. The van der Waals surface area contributed by atoms with E-state index in [2.05, 4.69) is 22.3 Å². The van der Waals surface area contributed by atoms with Gasteiger partial charge in [-0.05, 0) is 51.0 Å². The summed E-state index contributed by atoms with van der Waals surface area (Å²) in [7, 11) is 0. The van der Waals surface area contributed by atoms with Crippen LogP contribution in [0.2, 0.25) is 0 Å². The number of pyridine rings is 1. The van der Waals surface area contributed by atoms with Crippen molar-refractivity contribution in [3.63, 3.8) is 0 Å². The molecule has 0 bridgehead atoms. The fourth-order valence-electron chi connectivity index (χ4n) is 2.92. The van der Waals surface area contributed by atoms with Gasteiger partial charge in [0.1, 0.15) is 0 Å². The van der Waals surface area contributed by atoms with Gasteiger partial charge < -0.3 is 4.90 Å². The highest BCUT2D eigenvalue weighted by Crippen LogP contribution is 2.25. The number of amidine groups is 1. The second-order valence-electron chi connectivity index (χ2n) is 5.50. The second kappa shape index (κ2) is 6.33. The minimum absolute atomic E-state index is 0.0399. The van der Waals surface area contributed by atoms with E-state index in [1.807, 2.05) is 12.1 Å². The van der Waals surface area contributed by atoms with E-state index in [1.54, 1.807) is 12.4 Å². The standard InChI is InChI=1S/C15H22N4O/c1-2-9-19-10-5-13(6-11-19)15-17-14(18-20-15)12-3-7-16-8-4-12/h3-4,7-8,13,15H,2,5-6,9-11H2,1H3,(H,17,18). The predicted octanol–water partition coefficient (Wildman–Crippen LogP) is 1.81. The third-order valence-corrected chi connectivity index (χ3v) is 4.06. The van der Waals surface area contributed by atoms with Crippen molar-refractivity contribution in [2.75, 3.05) is 19.6 Å². The maximum atomic E-state index is 5.66. The van der Waals surface area contributed by atoms with Crippen molar-refractivity contribution in [2.24, 2.45) is 10.9 Å². The molecule has 1 aromatic rings. The maximum absolute atomic E-state index is 5.66. The number of nitrogens with zero attached hydrogens (tertiary/aromatic N) is 3. The van der Waals surface area contributed by atoms with E-state index in [4.69, 9.17) is 9.83 Å². The molecule has 0 spiro atoms. The van der Waals surface area contributed by atoms with Crippen LogP contribution in [0.25, 0.3) is 0 Å². The number of hydroxylamine groups is 1. The summed E-state index contributed by atoms with van der Waals surface area (Å²) >= 11 is 0. The Labute approximate surface area is 120 Å². The molecule has 2 aliphatic rings. The monoisotopic (exact) mass is 274 g/mol. The fraction of sp³-hybridized carbons (Fsp3) is 0.600. The van der Waals surface area contributed by atoms with Gasteiger partial charge in [0.15, 0.2) is 12.1 Å². The molecule has 1 N–H and O–H groups in total. The van der Waals surface area contributed by atoms with Crippen LogP contribution in [0.4, 0.5) is 0 Å². The first kappa shape index (κ1) is 13.5. The number of aliphatic imine (C=N–C) groups is 1. The van der Waals surface area contributed by atoms with Crippen molar-refractivity contribution < 1.29 is 4.84 Å². The summed E-state index contributed by atoms with van der Waals surface area (Å²) in [6.07, 6.45) is 7.07. The molecule has 0 saturated carbocycles. The minimum atomic E-state index is -0.0399. The van der Waals surface area contributed by atoms with E-state index in [0.717, 1.165) is 11.4 Å². The molecule has 3 rings (SSSR count). The van der Waals surface area contributed by atoms with E-state index in [9.17, 15) is 0 Å². The number of likely N-dealkylation sites (tertiary alicyclic amines) is 1. The highest BCUT2D eigenvalue weighted by Gasteiger charge is 2.30. The lowest BCUT2D eigenvalue weighted by atomic mass is 9.95. The molecule has 3 heterocycles.